The van der Waals surface area contributed by atoms with Crippen LogP contribution in [0.5, 0.6) is 11.5 Å². The van der Waals surface area contributed by atoms with E-state index in [0.29, 0.717) is 41.9 Å². The number of carbonyl (C=O) groups is 1. The van der Waals surface area contributed by atoms with Gasteiger partial charge in [0.05, 0.1) is 19.8 Å². The lowest BCUT2D eigenvalue weighted by Gasteiger charge is -2.21. The van der Waals surface area contributed by atoms with Crippen molar-refractivity contribution in [3.8, 4) is 11.5 Å². The number of rotatable bonds is 7. The van der Waals surface area contributed by atoms with Crippen LogP contribution in [0.3, 0.4) is 0 Å². The summed E-state index contributed by atoms with van der Waals surface area (Å²) in [5, 5.41) is 0. The molecule has 1 rings (SSSR count). The topological polar surface area (TPSA) is 38.8 Å². The Kier molecular flexibility index (Phi) is 6.81. The highest BCUT2D eigenvalue weighted by atomic mass is 35.5. The summed E-state index contributed by atoms with van der Waals surface area (Å²) in [6.07, 6.45) is 0. The summed E-state index contributed by atoms with van der Waals surface area (Å²) in [4.78, 5) is 14.0. The number of hydrogen-bond acceptors (Lipinski definition) is 3. The van der Waals surface area contributed by atoms with Gasteiger partial charge in [0.25, 0.3) is 5.91 Å². The molecule has 0 aromatic heterocycles. The number of nitrogens with zero attached hydrogens (tertiary/aromatic N) is 1. The zero-order chi connectivity index (χ0) is 14.3. The van der Waals surface area contributed by atoms with Crippen LogP contribution in [0.2, 0.25) is 0 Å². The number of ether oxygens (including phenoxy) is 2. The first-order valence-corrected chi connectivity index (χ1v) is 6.88. The van der Waals surface area contributed by atoms with E-state index in [1.54, 1.807) is 30.2 Å². The normalized spacial score (nSPS) is 10.1. The molecule has 0 atom stereocenters. The molecular formula is C13H17Cl2NO3. The van der Waals surface area contributed by atoms with E-state index in [2.05, 4.69) is 0 Å². The molecule has 0 radical (unpaired) electrons. The van der Waals surface area contributed by atoms with Crippen LogP contribution >= 0.6 is 23.2 Å². The zero-order valence-corrected chi connectivity index (χ0v) is 12.5. The smallest absolute Gasteiger partial charge is 0.257 e. The molecule has 1 aromatic carbocycles. The molecule has 0 bridgehead atoms. The van der Waals surface area contributed by atoms with Gasteiger partial charge in [-0.25, -0.2) is 0 Å². The predicted molar refractivity (Wildman–Crippen MR) is 76.9 cm³/mol. The Hall–Kier alpha value is -1.13. The Labute approximate surface area is 123 Å². The highest BCUT2D eigenvalue weighted by molar-refractivity contribution is 6.18. The molecule has 0 spiro atoms. The predicted octanol–water partition coefficient (Wildman–Crippen LogP) is 2.62. The van der Waals surface area contributed by atoms with Crippen molar-refractivity contribution in [3.63, 3.8) is 0 Å². The highest BCUT2D eigenvalue weighted by Gasteiger charge is 2.19. The minimum Gasteiger partial charge on any atom is -0.497 e. The summed E-state index contributed by atoms with van der Waals surface area (Å²) in [5.74, 6) is 1.68. The molecule has 0 heterocycles. The molecule has 1 amide bonds. The lowest BCUT2D eigenvalue weighted by molar-refractivity contribution is 0.0771. The molecule has 0 aliphatic carbocycles. The van der Waals surface area contributed by atoms with Crippen molar-refractivity contribution >= 4 is 29.1 Å². The Morgan fingerprint density at radius 1 is 1.16 bits per heavy atom. The SMILES string of the molecule is COc1ccc(C(=O)N(CCCl)CCCl)c(OC)c1. The summed E-state index contributed by atoms with van der Waals surface area (Å²) in [7, 11) is 3.07. The van der Waals surface area contributed by atoms with Gasteiger partial charge in [-0.15, -0.1) is 23.2 Å². The van der Waals surface area contributed by atoms with Gasteiger partial charge in [-0.1, -0.05) is 0 Å². The minimum absolute atomic E-state index is 0.152. The molecule has 6 heteroatoms. The van der Waals surface area contributed by atoms with Gasteiger partial charge in [0.1, 0.15) is 11.5 Å². The first-order valence-electron chi connectivity index (χ1n) is 5.81. The Morgan fingerprint density at radius 2 is 1.79 bits per heavy atom. The van der Waals surface area contributed by atoms with Crippen molar-refractivity contribution in [2.45, 2.75) is 0 Å². The van der Waals surface area contributed by atoms with Gasteiger partial charge in [-0.2, -0.15) is 0 Å². The van der Waals surface area contributed by atoms with E-state index in [1.807, 2.05) is 0 Å². The summed E-state index contributed by atoms with van der Waals surface area (Å²) >= 11 is 11.4. The Balaban J connectivity index is 3.02. The third-order valence-electron chi connectivity index (χ3n) is 2.64. The molecule has 0 N–H and O–H groups in total. The number of amides is 1. The zero-order valence-electron chi connectivity index (χ0n) is 11.0. The number of methoxy groups -OCH3 is 2. The van der Waals surface area contributed by atoms with Crippen molar-refractivity contribution < 1.29 is 14.3 Å². The molecule has 0 saturated heterocycles. The van der Waals surface area contributed by atoms with Crippen molar-refractivity contribution in [2.75, 3.05) is 39.1 Å². The van der Waals surface area contributed by atoms with Gasteiger partial charge >= 0.3 is 0 Å². The van der Waals surface area contributed by atoms with Gasteiger partial charge in [-0.05, 0) is 12.1 Å². The van der Waals surface area contributed by atoms with Crippen molar-refractivity contribution in [3.05, 3.63) is 23.8 Å². The van der Waals surface area contributed by atoms with Gasteiger partial charge in [0.2, 0.25) is 0 Å². The molecule has 0 saturated carbocycles. The van der Waals surface area contributed by atoms with E-state index >= 15 is 0 Å². The second-order valence-corrected chi connectivity index (χ2v) is 4.49. The van der Waals surface area contributed by atoms with E-state index in [4.69, 9.17) is 32.7 Å². The van der Waals surface area contributed by atoms with E-state index < -0.39 is 0 Å². The van der Waals surface area contributed by atoms with Crippen molar-refractivity contribution in [2.24, 2.45) is 0 Å². The van der Waals surface area contributed by atoms with E-state index in [0.717, 1.165) is 0 Å². The molecule has 1 aromatic rings. The fraction of sp³-hybridized carbons (Fsp3) is 0.462. The quantitative estimate of drug-likeness (QED) is 0.727. The highest BCUT2D eigenvalue weighted by Crippen LogP contribution is 2.25. The van der Waals surface area contributed by atoms with Crippen LogP contribution in [-0.4, -0.2) is 49.9 Å². The largest absolute Gasteiger partial charge is 0.497 e. The molecule has 4 nitrogen and oxygen atoms in total. The molecule has 106 valence electrons. The summed E-state index contributed by atoms with van der Waals surface area (Å²) < 4.78 is 10.3. The van der Waals surface area contributed by atoms with Crippen LogP contribution < -0.4 is 9.47 Å². The lowest BCUT2D eigenvalue weighted by atomic mass is 10.1. The standard InChI is InChI=1S/C13H17Cl2NO3/c1-18-10-3-4-11(12(9-10)19-2)13(17)16(7-5-14)8-6-15/h3-4,9H,5-8H2,1-2H3. The van der Waals surface area contributed by atoms with Gasteiger partial charge in [0.15, 0.2) is 0 Å². The van der Waals surface area contributed by atoms with Crippen LogP contribution in [0.15, 0.2) is 18.2 Å². The maximum absolute atomic E-state index is 12.4. The average Bonchev–Trinajstić information content (AvgIpc) is 2.45. The number of alkyl halides is 2. The maximum Gasteiger partial charge on any atom is 0.257 e. The first kappa shape index (κ1) is 15.9. The number of benzene rings is 1. The summed E-state index contributed by atoms with van der Waals surface area (Å²) in [6.45, 7) is 0.893. The van der Waals surface area contributed by atoms with Crippen LogP contribution in [0.4, 0.5) is 0 Å². The molecular weight excluding hydrogens is 289 g/mol. The monoisotopic (exact) mass is 305 g/mol. The maximum atomic E-state index is 12.4. The van der Waals surface area contributed by atoms with Crippen LogP contribution in [0, 0.1) is 0 Å². The Bertz CT molecular complexity index is 420. The second-order valence-electron chi connectivity index (χ2n) is 3.74. The molecule has 0 aliphatic rings. The molecule has 19 heavy (non-hydrogen) atoms. The van der Waals surface area contributed by atoms with Gasteiger partial charge in [-0.3, -0.25) is 4.79 Å². The van der Waals surface area contributed by atoms with Crippen LogP contribution in [-0.2, 0) is 0 Å². The number of halogens is 2. The lowest BCUT2D eigenvalue weighted by Crippen LogP contribution is -2.34. The Morgan fingerprint density at radius 3 is 2.26 bits per heavy atom. The molecule has 0 fully saturated rings. The van der Waals surface area contributed by atoms with Gasteiger partial charge in [0, 0.05) is 30.9 Å². The van der Waals surface area contributed by atoms with E-state index in [1.165, 1.54) is 7.11 Å². The van der Waals surface area contributed by atoms with Crippen LogP contribution in [0.1, 0.15) is 10.4 Å². The summed E-state index contributed by atoms with van der Waals surface area (Å²) in [5.41, 5.74) is 0.471. The van der Waals surface area contributed by atoms with E-state index in [-0.39, 0.29) is 5.91 Å². The van der Waals surface area contributed by atoms with Crippen LogP contribution in [0.25, 0.3) is 0 Å². The number of carbonyl (C=O) groups excluding carboxylic acids is 1. The minimum atomic E-state index is -0.152. The molecule has 0 aliphatic heterocycles. The first-order chi connectivity index (χ1) is 9.17. The third-order valence-corrected chi connectivity index (χ3v) is 2.97. The molecule has 0 unspecified atom stereocenters. The summed E-state index contributed by atoms with van der Waals surface area (Å²) in [6, 6.07) is 5.07. The second kappa shape index (κ2) is 8.12. The van der Waals surface area contributed by atoms with Gasteiger partial charge < -0.3 is 14.4 Å². The fourth-order valence-electron chi connectivity index (χ4n) is 1.66. The van der Waals surface area contributed by atoms with E-state index in [9.17, 15) is 4.79 Å². The van der Waals surface area contributed by atoms with Crippen molar-refractivity contribution in [1.29, 1.82) is 0 Å². The average molecular weight is 306 g/mol. The third kappa shape index (κ3) is 4.18. The fourth-order valence-corrected chi connectivity index (χ4v) is 2.07. The van der Waals surface area contributed by atoms with Crippen molar-refractivity contribution in [1.82, 2.24) is 4.90 Å². The number of hydrogen-bond donors (Lipinski definition) is 0.